The second-order valence-electron chi connectivity index (χ2n) is 7.67. The van der Waals surface area contributed by atoms with Gasteiger partial charge in [0.15, 0.2) is 0 Å². The van der Waals surface area contributed by atoms with Gasteiger partial charge in [0.05, 0.1) is 0 Å². The molecule has 1 aliphatic rings. The van der Waals surface area contributed by atoms with Crippen LogP contribution in [-0.2, 0) is 0 Å². The lowest BCUT2D eigenvalue weighted by Gasteiger charge is -2.32. The number of carbonyl (C=O) groups excluding carboxylic acids is 2. The molecule has 6 nitrogen and oxygen atoms in total. The largest absolute Gasteiger partial charge is 0.358 e. The van der Waals surface area contributed by atoms with Crippen LogP contribution >= 0.6 is 0 Å². The number of para-hydroxylation sites is 1. The van der Waals surface area contributed by atoms with E-state index < -0.39 is 0 Å². The molecule has 0 bridgehead atoms. The lowest BCUT2D eigenvalue weighted by atomic mass is 10.0. The number of likely N-dealkylation sites (tertiary alicyclic amines) is 1. The van der Waals surface area contributed by atoms with Crippen LogP contribution in [0.25, 0.3) is 10.9 Å². The minimum Gasteiger partial charge on any atom is -0.358 e. The van der Waals surface area contributed by atoms with E-state index in [4.69, 9.17) is 0 Å². The van der Waals surface area contributed by atoms with E-state index in [2.05, 4.69) is 22.5 Å². The van der Waals surface area contributed by atoms with E-state index in [0.717, 1.165) is 35.1 Å². The number of benzene rings is 2. The SMILES string of the molecule is Cc1[nH]c2ccc(C(=O)NC3CCN(C(=O)Nc4ccccc4)CC3)cc2c1C. The summed E-state index contributed by atoms with van der Waals surface area (Å²) in [7, 11) is 0. The molecule has 2 heterocycles. The molecule has 0 saturated carbocycles. The molecule has 4 rings (SSSR count). The number of anilines is 1. The molecule has 6 heteroatoms. The number of aromatic nitrogens is 1. The van der Waals surface area contributed by atoms with Crippen LogP contribution in [-0.4, -0.2) is 41.0 Å². The van der Waals surface area contributed by atoms with Crippen molar-refractivity contribution in [1.29, 1.82) is 0 Å². The van der Waals surface area contributed by atoms with Gasteiger partial charge in [0.1, 0.15) is 0 Å². The zero-order valence-electron chi connectivity index (χ0n) is 16.8. The number of aromatic amines is 1. The number of nitrogens with one attached hydrogen (secondary N) is 3. The predicted octanol–water partition coefficient (Wildman–Crippen LogP) is 4.21. The van der Waals surface area contributed by atoms with Crippen molar-refractivity contribution in [2.45, 2.75) is 32.7 Å². The summed E-state index contributed by atoms with van der Waals surface area (Å²) in [5, 5.41) is 7.13. The Bertz CT molecular complexity index is 1030. The number of piperidine rings is 1. The predicted molar refractivity (Wildman–Crippen MR) is 115 cm³/mol. The fourth-order valence-corrected chi connectivity index (χ4v) is 3.82. The van der Waals surface area contributed by atoms with Crippen LogP contribution in [0.5, 0.6) is 0 Å². The molecule has 0 atom stereocenters. The van der Waals surface area contributed by atoms with E-state index >= 15 is 0 Å². The highest BCUT2D eigenvalue weighted by atomic mass is 16.2. The van der Waals surface area contributed by atoms with E-state index in [1.165, 1.54) is 5.56 Å². The first-order chi connectivity index (χ1) is 14.0. The molecule has 0 radical (unpaired) electrons. The van der Waals surface area contributed by atoms with Crippen molar-refractivity contribution in [3.63, 3.8) is 0 Å². The van der Waals surface area contributed by atoms with Crippen molar-refractivity contribution >= 4 is 28.5 Å². The van der Waals surface area contributed by atoms with Crippen LogP contribution in [0.15, 0.2) is 48.5 Å². The molecule has 1 fully saturated rings. The number of carbonyl (C=O) groups is 2. The normalized spacial score (nSPS) is 14.8. The Labute approximate surface area is 170 Å². The number of H-pyrrole nitrogens is 1. The van der Waals surface area contributed by atoms with Crippen LogP contribution in [0, 0.1) is 13.8 Å². The Morgan fingerprint density at radius 2 is 1.76 bits per heavy atom. The highest BCUT2D eigenvalue weighted by Gasteiger charge is 2.24. The summed E-state index contributed by atoms with van der Waals surface area (Å²) in [6, 6.07) is 15.2. The van der Waals surface area contributed by atoms with Crippen molar-refractivity contribution in [3.8, 4) is 0 Å². The van der Waals surface area contributed by atoms with Gasteiger partial charge in [-0.15, -0.1) is 0 Å². The molecule has 150 valence electrons. The summed E-state index contributed by atoms with van der Waals surface area (Å²) in [5.74, 6) is -0.0580. The maximum atomic E-state index is 12.7. The molecule has 0 aliphatic carbocycles. The molecule has 0 spiro atoms. The Morgan fingerprint density at radius 1 is 1.03 bits per heavy atom. The van der Waals surface area contributed by atoms with Crippen molar-refractivity contribution < 1.29 is 9.59 Å². The third-order valence-electron chi connectivity index (χ3n) is 5.71. The maximum absolute atomic E-state index is 12.7. The fraction of sp³-hybridized carbons (Fsp3) is 0.304. The molecule has 1 saturated heterocycles. The Kier molecular flexibility index (Phi) is 5.25. The molecule has 29 heavy (non-hydrogen) atoms. The number of rotatable bonds is 3. The van der Waals surface area contributed by atoms with Gasteiger partial charge < -0.3 is 20.5 Å². The van der Waals surface area contributed by atoms with Gasteiger partial charge in [0, 0.05) is 47.0 Å². The van der Waals surface area contributed by atoms with Crippen LogP contribution < -0.4 is 10.6 Å². The van der Waals surface area contributed by atoms with Gasteiger partial charge in [-0.3, -0.25) is 4.79 Å². The van der Waals surface area contributed by atoms with Crippen molar-refractivity contribution in [2.24, 2.45) is 0 Å². The molecule has 1 aliphatic heterocycles. The standard InChI is InChI=1S/C23H26N4O2/c1-15-16(2)24-21-9-8-17(14-20(15)21)22(28)25-19-10-12-27(13-11-19)23(29)26-18-6-4-3-5-7-18/h3-9,14,19,24H,10-13H2,1-2H3,(H,25,28)(H,26,29). The molecule has 0 unspecified atom stereocenters. The average molecular weight is 390 g/mol. The lowest BCUT2D eigenvalue weighted by Crippen LogP contribution is -2.47. The molecular weight excluding hydrogens is 364 g/mol. The molecule has 3 aromatic rings. The van der Waals surface area contributed by atoms with Crippen molar-refractivity contribution in [3.05, 3.63) is 65.4 Å². The highest BCUT2D eigenvalue weighted by Crippen LogP contribution is 2.22. The summed E-state index contributed by atoms with van der Waals surface area (Å²) < 4.78 is 0. The average Bonchev–Trinajstić information content (AvgIpc) is 3.02. The first kappa shape index (κ1) is 19.1. The van der Waals surface area contributed by atoms with Gasteiger partial charge >= 0.3 is 6.03 Å². The minimum absolute atomic E-state index is 0.0580. The zero-order valence-corrected chi connectivity index (χ0v) is 16.8. The number of hydrogen-bond donors (Lipinski definition) is 3. The Hall–Kier alpha value is -3.28. The van der Waals surface area contributed by atoms with Crippen LogP contribution in [0.3, 0.4) is 0 Å². The number of hydrogen-bond acceptors (Lipinski definition) is 2. The zero-order chi connectivity index (χ0) is 20.4. The monoisotopic (exact) mass is 390 g/mol. The van der Waals surface area contributed by atoms with Gasteiger partial charge in [-0.25, -0.2) is 4.79 Å². The topological polar surface area (TPSA) is 77.2 Å². The molecule has 2 aromatic carbocycles. The quantitative estimate of drug-likeness (QED) is 0.626. The van der Waals surface area contributed by atoms with E-state index in [1.54, 1.807) is 4.90 Å². The van der Waals surface area contributed by atoms with Gasteiger partial charge in [0.25, 0.3) is 5.91 Å². The molecular formula is C23H26N4O2. The molecule has 3 amide bonds. The van der Waals surface area contributed by atoms with E-state index in [1.807, 2.05) is 55.5 Å². The smallest absolute Gasteiger partial charge is 0.321 e. The number of nitrogens with zero attached hydrogens (tertiary/aromatic N) is 1. The second kappa shape index (κ2) is 7.99. The van der Waals surface area contributed by atoms with Gasteiger partial charge in [-0.2, -0.15) is 0 Å². The Balaban J connectivity index is 1.33. The first-order valence-corrected chi connectivity index (χ1v) is 10.0. The highest BCUT2D eigenvalue weighted by molar-refractivity contribution is 5.99. The lowest BCUT2D eigenvalue weighted by molar-refractivity contribution is 0.0919. The summed E-state index contributed by atoms with van der Waals surface area (Å²) in [6.45, 7) is 5.35. The summed E-state index contributed by atoms with van der Waals surface area (Å²) >= 11 is 0. The number of amides is 3. The van der Waals surface area contributed by atoms with E-state index in [0.29, 0.717) is 18.7 Å². The van der Waals surface area contributed by atoms with Crippen molar-refractivity contribution in [2.75, 3.05) is 18.4 Å². The molecule has 1 aromatic heterocycles. The number of fused-ring (bicyclic) bond motifs is 1. The molecule has 3 N–H and O–H groups in total. The van der Waals surface area contributed by atoms with Crippen LogP contribution in [0.1, 0.15) is 34.5 Å². The maximum Gasteiger partial charge on any atom is 0.321 e. The van der Waals surface area contributed by atoms with E-state index in [-0.39, 0.29) is 18.0 Å². The van der Waals surface area contributed by atoms with E-state index in [9.17, 15) is 9.59 Å². The third-order valence-corrected chi connectivity index (χ3v) is 5.71. The van der Waals surface area contributed by atoms with Crippen LogP contribution in [0.4, 0.5) is 10.5 Å². The van der Waals surface area contributed by atoms with Gasteiger partial charge in [-0.1, -0.05) is 18.2 Å². The summed E-state index contributed by atoms with van der Waals surface area (Å²) in [4.78, 5) is 30.2. The Morgan fingerprint density at radius 3 is 2.48 bits per heavy atom. The second-order valence-corrected chi connectivity index (χ2v) is 7.67. The summed E-state index contributed by atoms with van der Waals surface area (Å²) in [6.07, 6.45) is 1.50. The summed E-state index contributed by atoms with van der Waals surface area (Å²) in [5.41, 5.74) is 4.81. The first-order valence-electron chi connectivity index (χ1n) is 10.0. The van der Waals surface area contributed by atoms with Crippen LogP contribution in [0.2, 0.25) is 0 Å². The van der Waals surface area contributed by atoms with Gasteiger partial charge in [0.2, 0.25) is 0 Å². The van der Waals surface area contributed by atoms with Gasteiger partial charge in [-0.05, 0) is 62.6 Å². The minimum atomic E-state index is -0.0928. The number of urea groups is 1. The number of aryl methyl sites for hydroxylation is 2. The third kappa shape index (κ3) is 4.11. The fourth-order valence-electron chi connectivity index (χ4n) is 3.82. The van der Waals surface area contributed by atoms with Crippen molar-refractivity contribution in [1.82, 2.24) is 15.2 Å².